The van der Waals surface area contributed by atoms with Gasteiger partial charge in [-0.25, -0.2) is 5.43 Å². The molecular weight excluding hydrogens is 596 g/mol. The zero-order chi connectivity index (χ0) is 30.9. The molecule has 1 aromatic carbocycles. The Labute approximate surface area is 256 Å². The number of H-pyrrole nitrogens is 1. The SMILES string of the molecule is CC1SSCCNCC(=O)N(CC=O)N[C@@H](CC(=O)O)C(=O)N[C@@H](Cc2c[nH]c3ccccc23)C(=O)N2CCC[C@H]2C1=O. The molecule has 2 aromatic rings. The van der Waals surface area contributed by atoms with E-state index >= 15 is 0 Å². The smallest absolute Gasteiger partial charge is 0.305 e. The number of carbonyl (C=O) groups is 6. The molecule has 5 N–H and O–H groups in total. The molecule has 0 bridgehead atoms. The maximum Gasteiger partial charge on any atom is 0.305 e. The van der Waals surface area contributed by atoms with E-state index in [1.807, 2.05) is 24.3 Å². The Morgan fingerprint density at radius 3 is 2.72 bits per heavy atom. The Morgan fingerprint density at radius 1 is 1.16 bits per heavy atom. The third kappa shape index (κ3) is 8.37. The molecule has 232 valence electrons. The highest BCUT2D eigenvalue weighted by Gasteiger charge is 2.40. The van der Waals surface area contributed by atoms with E-state index in [1.165, 1.54) is 26.5 Å². The van der Waals surface area contributed by atoms with Gasteiger partial charge in [0.15, 0.2) is 5.78 Å². The maximum atomic E-state index is 14.1. The number of carbonyl (C=O) groups excluding carboxylic acids is 5. The van der Waals surface area contributed by atoms with Gasteiger partial charge >= 0.3 is 5.97 Å². The van der Waals surface area contributed by atoms with Crippen molar-refractivity contribution in [1.82, 2.24) is 31.0 Å². The van der Waals surface area contributed by atoms with Crippen molar-refractivity contribution in [2.75, 3.05) is 31.9 Å². The number of aromatic nitrogens is 1. The summed E-state index contributed by atoms with van der Waals surface area (Å²) in [6, 6.07) is 4.26. The van der Waals surface area contributed by atoms with E-state index in [0.29, 0.717) is 38.0 Å². The lowest BCUT2D eigenvalue weighted by Crippen LogP contribution is -2.60. The number of hydrogen-bond acceptors (Lipinski definition) is 10. The number of Topliss-reactive ketones (excluding diaryl/α,β-unsaturated/α-hetero) is 1. The molecule has 2 aliphatic rings. The van der Waals surface area contributed by atoms with Crippen LogP contribution >= 0.6 is 21.6 Å². The first-order valence-electron chi connectivity index (χ1n) is 14.1. The van der Waals surface area contributed by atoms with Crippen molar-refractivity contribution in [1.29, 1.82) is 0 Å². The Morgan fingerprint density at radius 2 is 1.95 bits per heavy atom. The van der Waals surface area contributed by atoms with E-state index in [0.717, 1.165) is 21.5 Å². The predicted octanol–water partition coefficient (Wildman–Crippen LogP) is 0.504. The lowest BCUT2D eigenvalue weighted by atomic mass is 10.0. The summed E-state index contributed by atoms with van der Waals surface area (Å²) in [5.74, 6) is -2.65. The lowest BCUT2D eigenvalue weighted by molar-refractivity contribution is -0.145. The van der Waals surface area contributed by atoms with Crippen LogP contribution in [0.5, 0.6) is 0 Å². The zero-order valence-electron chi connectivity index (χ0n) is 23.7. The number of aromatic amines is 1. The molecule has 3 amide bonds. The molecule has 2 aliphatic heterocycles. The van der Waals surface area contributed by atoms with Crippen molar-refractivity contribution in [2.24, 2.45) is 0 Å². The average Bonchev–Trinajstić information content (AvgIpc) is 3.64. The molecule has 43 heavy (non-hydrogen) atoms. The van der Waals surface area contributed by atoms with Crippen LogP contribution in [0.15, 0.2) is 30.5 Å². The fourth-order valence-corrected chi connectivity index (χ4v) is 7.47. The minimum absolute atomic E-state index is 0.0697. The second kappa shape index (κ2) is 15.4. The normalized spacial score (nSPS) is 25.2. The number of aliphatic carboxylic acids is 1. The molecule has 4 rings (SSSR count). The Bertz CT molecular complexity index is 1350. The molecule has 0 aliphatic carbocycles. The monoisotopic (exact) mass is 632 g/mol. The molecule has 13 nitrogen and oxygen atoms in total. The van der Waals surface area contributed by atoms with Gasteiger partial charge in [0.25, 0.3) is 5.91 Å². The van der Waals surface area contributed by atoms with Crippen LogP contribution in [-0.2, 0) is 35.2 Å². The zero-order valence-corrected chi connectivity index (χ0v) is 25.4. The topological polar surface area (TPSA) is 181 Å². The van der Waals surface area contributed by atoms with E-state index < -0.39 is 60.0 Å². The molecule has 1 unspecified atom stereocenters. The fourth-order valence-electron chi connectivity index (χ4n) is 5.25. The second-order valence-electron chi connectivity index (χ2n) is 10.4. The molecule has 4 atom stereocenters. The molecule has 2 fully saturated rings. The molecular formula is C28H36N6O7S2. The van der Waals surface area contributed by atoms with Crippen LogP contribution < -0.4 is 16.1 Å². The van der Waals surface area contributed by atoms with Gasteiger partial charge < -0.3 is 30.4 Å². The fraction of sp³-hybridized carbons (Fsp3) is 0.500. The van der Waals surface area contributed by atoms with Gasteiger partial charge in [-0.2, -0.15) is 0 Å². The van der Waals surface area contributed by atoms with Crippen LogP contribution in [0.3, 0.4) is 0 Å². The number of carboxylic acids is 1. The van der Waals surface area contributed by atoms with E-state index in [4.69, 9.17) is 0 Å². The molecule has 3 heterocycles. The van der Waals surface area contributed by atoms with Gasteiger partial charge in [-0.1, -0.05) is 39.8 Å². The van der Waals surface area contributed by atoms with E-state index in [9.17, 15) is 33.9 Å². The number of amides is 3. The third-order valence-electron chi connectivity index (χ3n) is 7.39. The summed E-state index contributed by atoms with van der Waals surface area (Å²) < 4.78 is 0. The largest absolute Gasteiger partial charge is 0.481 e. The minimum atomic E-state index is -1.47. The Kier molecular flexibility index (Phi) is 11.6. The second-order valence-corrected chi connectivity index (χ2v) is 13.2. The number of benzene rings is 1. The minimum Gasteiger partial charge on any atom is -0.481 e. The van der Waals surface area contributed by atoms with Crippen molar-refractivity contribution in [3.63, 3.8) is 0 Å². The van der Waals surface area contributed by atoms with Crippen molar-refractivity contribution >= 4 is 68.3 Å². The van der Waals surface area contributed by atoms with E-state index in [1.54, 1.807) is 13.1 Å². The number of fused-ring (bicyclic) bond motifs is 2. The number of nitrogens with one attached hydrogen (secondary N) is 4. The van der Waals surface area contributed by atoms with Gasteiger partial charge in [-0.3, -0.25) is 29.0 Å². The number of nitrogens with zero attached hydrogens (tertiary/aromatic N) is 2. The van der Waals surface area contributed by atoms with Crippen LogP contribution in [0.25, 0.3) is 10.9 Å². The summed E-state index contributed by atoms with van der Waals surface area (Å²) in [5.41, 5.74) is 4.20. The Hall–Kier alpha value is -3.40. The van der Waals surface area contributed by atoms with Crippen LogP contribution in [0, 0.1) is 0 Å². The van der Waals surface area contributed by atoms with Crippen molar-refractivity contribution in [3.05, 3.63) is 36.0 Å². The number of para-hydroxylation sites is 1. The summed E-state index contributed by atoms with van der Waals surface area (Å²) in [6.07, 6.45) is 2.73. The third-order valence-corrected chi connectivity index (χ3v) is 10.2. The molecule has 2 saturated heterocycles. The maximum absolute atomic E-state index is 14.1. The van der Waals surface area contributed by atoms with E-state index in [-0.39, 0.29) is 18.7 Å². The highest BCUT2D eigenvalue weighted by molar-refractivity contribution is 8.77. The number of hydrogen-bond donors (Lipinski definition) is 5. The summed E-state index contributed by atoms with van der Waals surface area (Å²) in [6.45, 7) is 2.01. The summed E-state index contributed by atoms with van der Waals surface area (Å²) in [4.78, 5) is 81.8. The number of hydrazine groups is 1. The van der Waals surface area contributed by atoms with Gasteiger partial charge in [0.2, 0.25) is 11.8 Å². The highest BCUT2D eigenvalue weighted by atomic mass is 33.1. The number of carboxylic acid groups (broad SMARTS) is 1. The molecule has 15 heteroatoms. The van der Waals surface area contributed by atoms with Crippen LogP contribution in [0.2, 0.25) is 0 Å². The molecule has 0 spiro atoms. The van der Waals surface area contributed by atoms with Crippen molar-refractivity contribution < 1.29 is 33.9 Å². The van der Waals surface area contributed by atoms with Gasteiger partial charge in [0.1, 0.15) is 18.4 Å². The summed E-state index contributed by atoms with van der Waals surface area (Å²) >= 11 is 0. The van der Waals surface area contributed by atoms with Gasteiger partial charge in [-0.15, -0.1) is 0 Å². The number of rotatable bonds is 6. The average molecular weight is 633 g/mol. The Balaban J connectivity index is 1.69. The van der Waals surface area contributed by atoms with Crippen LogP contribution in [0.1, 0.15) is 31.7 Å². The number of ketones is 1. The van der Waals surface area contributed by atoms with Gasteiger partial charge in [0, 0.05) is 42.4 Å². The van der Waals surface area contributed by atoms with E-state index in [2.05, 4.69) is 21.0 Å². The van der Waals surface area contributed by atoms with Crippen LogP contribution in [0.4, 0.5) is 0 Å². The lowest BCUT2D eigenvalue weighted by Gasteiger charge is -2.31. The van der Waals surface area contributed by atoms with Gasteiger partial charge in [0.05, 0.1) is 30.8 Å². The van der Waals surface area contributed by atoms with Crippen molar-refractivity contribution in [3.8, 4) is 0 Å². The number of aldehydes is 1. The van der Waals surface area contributed by atoms with Crippen molar-refractivity contribution in [2.45, 2.75) is 56.0 Å². The first kappa shape index (κ1) is 32.5. The summed E-state index contributed by atoms with van der Waals surface area (Å²) in [7, 11) is 2.88. The first-order chi connectivity index (χ1) is 20.7. The van der Waals surface area contributed by atoms with Gasteiger partial charge in [-0.05, 0) is 31.4 Å². The standard InChI is InChI=1S/C28H36N6O7S2/c1-17-26(39)23-7-4-9-33(23)28(41)22(13-18-15-30-20-6-3-2-5-19(18)20)31-27(40)21(14-25(37)38)32-34(10-11-35)24(36)16-29-8-12-42-43-17/h2-3,5-6,11,15,17,21-23,29-30,32H,4,7-10,12-14,16H2,1H3,(H,31,40)(H,37,38)/t17?,21-,22-,23-/m0/s1. The quantitative estimate of drug-likeness (QED) is 0.221. The predicted molar refractivity (Wildman–Crippen MR) is 163 cm³/mol. The summed E-state index contributed by atoms with van der Waals surface area (Å²) in [5, 5.41) is 16.6. The van der Waals surface area contributed by atoms with Crippen LogP contribution in [-0.4, -0.2) is 111 Å². The molecule has 0 saturated carbocycles. The highest BCUT2D eigenvalue weighted by Crippen LogP contribution is 2.31. The first-order valence-corrected chi connectivity index (χ1v) is 16.5. The molecule has 1 aromatic heterocycles. The molecule has 0 radical (unpaired) electrons.